The van der Waals surface area contributed by atoms with Crippen LogP contribution in [-0.2, 0) is 10.0 Å². The molecule has 1 fully saturated rings. The average molecular weight is 433 g/mol. The van der Waals surface area contributed by atoms with Crippen molar-refractivity contribution in [3.8, 4) is 11.5 Å². The monoisotopic (exact) mass is 432 g/mol. The molecule has 0 radical (unpaired) electrons. The van der Waals surface area contributed by atoms with Crippen molar-refractivity contribution in [3.63, 3.8) is 0 Å². The number of ether oxygens (including phenoxy) is 2. The molecular weight excluding hydrogens is 404 g/mol. The Morgan fingerprint density at radius 3 is 2.30 bits per heavy atom. The zero-order chi connectivity index (χ0) is 21.6. The Hall–Kier alpha value is -2.58. The van der Waals surface area contributed by atoms with Crippen LogP contribution in [0.2, 0.25) is 0 Å². The van der Waals surface area contributed by atoms with E-state index in [9.17, 15) is 13.2 Å². The number of methoxy groups -OCH3 is 1. The molecule has 8 heteroatoms. The van der Waals surface area contributed by atoms with Gasteiger partial charge in [-0.25, -0.2) is 8.42 Å². The number of rotatable bonds is 7. The van der Waals surface area contributed by atoms with E-state index in [1.54, 1.807) is 50.4 Å². The molecule has 1 aliphatic heterocycles. The Bertz CT molecular complexity index is 966. The largest absolute Gasteiger partial charge is 0.497 e. The fourth-order valence-electron chi connectivity index (χ4n) is 3.42. The standard InChI is InChI=1S/C22H28N2O5S/c1-3-29-20-13-8-17(22(25)23-18-9-11-19(28-2)12-10-18)16-21(20)30(26,27)24-14-6-4-5-7-15-24/h8-13,16H,3-7,14-15H2,1-2H3,(H,23,25). The van der Waals surface area contributed by atoms with Gasteiger partial charge in [0.15, 0.2) is 0 Å². The predicted octanol–water partition coefficient (Wildman–Crippen LogP) is 3.91. The highest BCUT2D eigenvalue weighted by molar-refractivity contribution is 7.89. The molecule has 162 valence electrons. The van der Waals surface area contributed by atoms with Crippen molar-refractivity contribution in [2.24, 2.45) is 0 Å². The molecule has 2 aromatic carbocycles. The van der Waals surface area contributed by atoms with E-state index in [0.717, 1.165) is 25.7 Å². The van der Waals surface area contributed by atoms with E-state index in [4.69, 9.17) is 9.47 Å². The lowest BCUT2D eigenvalue weighted by Gasteiger charge is -2.22. The van der Waals surface area contributed by atoms with E-state index >= 15 is 0 Å². The molecule has 1 saturated heterocycles. The Balaban J connectivity index is 1.90. The summed E-state index contributed by atoms with van der Waals surface area (Å²) >= 11 is 0. The van der Waals surface area contributed by atoms with Crippen LogP contribution in [0.1, 0.15) is 43.0 Å². The van der Waals surface area contributed by atoms with Crippen LogP contribution in [0.3, 0.4) is 0 Å². The summed E-state index contributed by atoms with van der Waals surface area (Å²) in [5, 5.41) is 2.79. The van der Waals surface area contributed by atoms with Gasteiger partial charge in [-0.2, -0.15) is 4.31 Å². The summed E-state index contributed by atoms with van der Waals surface area (Å²) in [5.41, 5.74) is 0.842. The summed E-state index contributed by atoms with van der Waals surface area (Å²) in [6.45, 7) is 3.10. The highest BCUT2D eigenvalue weighted by Crippen LogP contribution is 2.30. The molecule has 0 atom stereocenters. The quantitative estimate of drug-likeness (QED) is 0.717. The number of carbonyl (C=O) groups is 1. The smallest absolute Gasteiger partial charge is 0.255 e. The van der Waals surface area contributed by atoms with Crippen molar-refractivity contribution in [2.75, 3.05) is 32.1 Å². The van der Waals surface area contributed by atoms with Crippen molar-refractivity contribution in [3.05, 3.63) is 48.0 Å². The Kier molecular flexibility index (Phi) is 7.33. The lowest BCUT2D eigenvalue weighted by atomic mass is 10.2. The van der Waals surface area contributed by atoms with Crippen LogP contribution in [-0.4, -0.2) is 45.4 Å². The third kappa shape index (κ3) is 5.12. The molecule has 1 heterocycles. The fraction of sp³-hybridized carbons (Fsp3) is 0.409. The van der Waals surface area contributed by atoms with Gasteiger partial charge in [0, 0.05) is 24.3 Å². The Morgan fingerprint density at radius 2 is 1.70 bits per heavy atom. The predicted molar refractivity (Wildman–Crippen MR) is 116 cm³/mol. The maximum Gasteiger partial charge on any atom is 0.255 e. The van der Waals surface area contributed by atoms with Gasteiger partial charge < -0.3 is 14.8 Å². The van der Waals surface area contributed by atoms with Crippen LogP contribution in [0.5, 0.6) is 11.5 Å². The lowest BCUT2D eigenvalue weighted by molar-refractivity contribution is 0.102. The SMILES string of the molecule is CCOc1ccc(C(=O)Nc2ccc(OC)cc2)cc1S(=O)(=O)N1CCCCCC1. The van der Waals surface area contributed by atoms with Crippen molar-refractivity contribution in [1.82, 2.24) is 4.31 Å². The molecule has 7 nitrogen and oxygen atoms in total. The third-order valence-corrected chi connectivity index (χ3v) is 6.96. The second kappa shape index (κ2) is 9.95. The van der Waals surface area contributed by atoms with Crippen LogP contribution >= 0.6 is 0 Å². The van der Waals surface area contributed by atoms with Gasteiger partial charge in [-0.05, 0) is 62.2 Å². The number of nitrogens with zero attached hydrogens (tertiary/aromatic N) is 1. The van der Waals surface area contributed by atoms with E-state index in [2.05, 4.69) is 5.32 Å². The van der Waals surface area contributed by atoms with Gasteiger partial charge in [0.25, 0.3) is 5.91 Å². The molecule has 0 aromatic heterocycles. The van der Waals surface area contributed by atoms with Gasteiger partial charge in [0.2, 0.25) is 10.0 Å². The summed E-state index contributed by atoms with van der Waals surface area (Å²) in [6, 6.07) is 11.5. The maximum atomic E-state index is 13.3. The maximum absolute atomic E-state index is 13.3. The third-order valence-electron chi connectivity index (χ3n) is 5.04. The van der Waals surface area contributed by atoms with Crippen LogP contribution < -0.4 is 14.8 Å². The summed E-state index contributed by atoms with van der Waals surface area (Å²) < 4.78 is 38.9. The molecule has 0 saturated carbocycles. The highest BCUT2D eigenvalue weighted by Gasteiger charge is 2.29. The molecule has 30 heavy (non-hydrogen) atoms. The first-order chi connectivity index (χ1) is 14.5. The minimum atomic E-state index is -3.76. The van der Waals surface area contributed by atoms with Gasteiger partial charge >= 0.3 is 0 Å². The van der Waals surface area contributed by atoms with Crippen molar-refractivity contribution < 1.29 is 22.7 Å². The van der Waals surface area contributed by atoms with Crippen LogP contribution in [0.4, 0.5) is 5.69 Å². The molecule has 1 amide bonds. The summed E-state index contributed by atoms with van der Waals surface area (Å²) in [6.07, 6.45) is 3.71. The fourth-order valence-corrected chi connectivity index (χ4v) is 5.10. The number of benzene rings is 2. The first kappa shape index (κ1) is 22.1. The van der Waals surface area contributed by atoms with E-state index in [0.29, 0.717) is 31.1 Å². The molecule has 0 aliphatic carbocycles. The molecule has 0 bridgehead atoms. The number of carbonyl (C=O) groups excluding carboxylic acids is 1. The van der Waals surface area contributed by atoms with Crippen molar-refractivity contribution >= 4 is 21.6 Å². The lowest BCUT2D eigenvalue weighted by Crippen LogP contribution is -2.32. The number of anilines is 1. The average Bonchev–Trinajstić information content (AvgIpc) is 3.05. The highest BCUT2D eigenvalue weighted by atomic mass is 32.2. The van der Waals surface area contributed by atoms with Crippen LogP contribution in [0, 0.1) is 0 Å². The van der Waals surface area contributed by atoms with E-state index < -0.39 is 15.9 Å². The van der Waals surface area contributed by atoms with Crippen molar-refractivity contribution in [1.29, 1.82) is 0 Å². The van der Waals surface area contributed by atoms with E-state index in [-0.39, 0.29) is 16.2 Å². The minimum Gasteiger partial charge on any atom is -0.497 e. The zero-order valence-electron chi connectivity index (χ0n) is 17.4. The van der Waals surface area contributed by atoms with E-state index in [1.807, 2.05) is 0 Å². The second-order valence-electron chi connectivity index (χ2n) is 7.10. The second-order valence-corrected chi connectivity index (χ2v) is 9.00. The molecule has 0 spiro atoms. The van der Waals surface area contributed by atoms with Crippen LogP contribution in [0.15, 0.2) is 47.4 Å². The van der Waals surface area contributed by atoms with Gasteiger partial charge in [0.05, 0.1) is 13.7 Å². The molecule has 2 aromatic rings. The number of hydrogen-bond donors (Lipinski definition) is 1. The topological polar surface area (TPSA) is 84.9 Å². The zero-order valence-corrected chi connectivity index (χ0v) is 18.2. The normalized spacial score (nSPS) is 15.3. The number of nitrogens with one attached hydrogen (secondary N) is 1. The Labute approximate surface area is 178 Å². The summed E-state index contributed by atoms with van der Waals surface area (Å²) in [7, 11) is -2.20. The molecule has 1 N–H and O–H groups in total. The number of amides is 1. The number of sulfonamides is 1. The van der Waals surface area contributed by atoms with Gasteiger partial charge in [-0.3, -0.25) is 4.79 Å². The van der Waals surface area contributed by atoms with Gasteiger partial charge in [0.1, 0.15) is 16.4 Å². The molecule has 0 unspecified atom stereocenters. The van der Waals surface area contributed by atoms with Gasteiger partial charge in [-0.1, -0.05) is 12.8 Å². The first-order valence-corrected chi connectivity index (χ1v) is 11.6. The van der Waals surface area contributed by atoms with Crippen LogP contribution in [0.25, 0.3) is 0 Å². The molecular formula is C22H28N2O5S. The summed E-state index contributed by atoms with van der Waals surface area (Å²) in [4.78, 5) is 12.8. The number of hydrogen-bond acceptors (Lipinski definition) is 5. The minimum absolute atomic E-state index is 0.0358. The van der Waals surface area contributed by atoms with E-state index in [1.165, 1.54) is 10.4 Å². The molecule has 3 rings (SSSR count). The first-order valence-electron chi connectivity index (χ1n) is 10.2. The van der Waals surface area contributed by atoms with Gasteiger partial charge in [-0.15, -0.1) is 0 Å². The van der Waals surface area contributed by atoms with Crippen molar-refractivity contribution in [2.45, 2.75) is 37.5 Å². The Morgan fingerprint density at radius 1 is 1.03 bits per heavy atom. The molecule has 1 aliphatic rings. The summed E-state index contributed by atoms with van der Waals surface area (Å²) in [5.74, 6) is 0.554.